The molecule has 134 valence electrons. The molecule has 0 spiro atoms. The van der Waals surface area contributed by atoms with Gasteiger partial charge in [0.25, 0.3) is 0 Å². The lowest BCUT2D eigenvalue weighted by Gasteiger charge is -2.26. The molecule has 2 aliphatic carbocycles. The molecule has 0 amide bonds. The lowest BCUT2D eigenvalue weighted by molar-refractivity contribution is 0.143. The highest BCUT2D eigenvalue weighted by Crippen LogP contribution is 2.48. The van der Waals surface area contributed by atoms with Crippen molar-refractivity contribution in [2.45, 2.75) is 63.5 Å². The standard InChI is InChI=1S/C19H25N3O2S/c1-3-23-11(2)14-8-9-15-16(14)17-18(21-10-22-19(17)25-15)24-13-6-4-12(20)5-7-13/h10,12-14H,2-9,20H2,1H3. The Kier molecular flexibility index (Phi) is 4.65. The van der Waals surface area contributed by atoms with Crippen LogP contribution in [-0.2, 0) is 11.2 Å². The smallest absolute Gasteiger partial charge is 0.225 e. The van der Waals surface area contributed by atoms with Crippen molar-refractivity contribution in [3.05, 3.63) is 29.1 Å². The maximum atomic E-state index is 6.32. The van der Waals surface area contributed by atoms with Crippen molar-refractivity contribution in [1.82, 2.24) is 9.97 Å². The molecule has 2 heterocycles. The van der Waals surface area contributed by atoms with Crippen molar-refractivity contribution in [2.24, 2.45) is 5.73 Å². The van der Waals surface area contributed by atoms with Crippen LogP contribution in [0.5, 0.6) is 5.88 Å². The monoisotopic (exact) mass is 359 g/mol. The highest BCUT2D eigenvalue weighted by Gasteiger charge is 2.33. The largest absolute Gasteiger partial charge is 0.498 e. The summed E-state index contributed by atoms with van der Waals surface area (Å²) in [6, 6.07) is 0.314. The van der Waals surface area contributed by atoms with Crippen molar-refractivity contribution in [3.63, 3.8) is 0 Å². The van der Waals surface area contributed by atoms with E-state index in [0.29, 0.717) is 12.6 Å². The van der Waals surface area contributed by atoms with E-state index in [9.17, 15) is 0 Å². The third-order valence-corrected chi connectivity index (χ3v) is 6.46. The molecule has 2 aromatic heterocycles. The Hall–Kier alpha value is -1.66. The van der Waals surface area contributed by atoms with E-state index in [1.807, 2.05) is 6.92 Å². The predicted molar refractivity (Wildman–Crippen MR) is 100 cm³/mol. The van der Waals surface area contributed by atoms with Gasteiger partial charge in [0, 0.05) is 16.8 Å². The van der Waals surface area contributed by atoms with E-state index in [-0.39, 0.29) is 12.0 Å². The van der Waals surface area contributed by atoms with Gasteiger partial charge in [-0.05, 0) is 51.0 Å². The Bertz CT molecular complexity index is 780. The van der Waals surface area contributed by atoms with Crippen molar-refractivity contribution < 1.29 is 9.47 Å². The van der Waals surface area contributed by atoms with E-state index < -0.39 is 0 Å². The van der Waals surface area contributed by atoms with Gasteiger partial charge in [0.05, 0.1) is 17.8 Å². The zero-order valence-corrected chi connectivity index (χ0v) is 15.5. The van der Waals surface area contributed by atoms with E-state index in [4.69, 9.17) is 15.2 Å². The molecule has 1 fully saturated rings. The Labute approximate surface area is 152 Å². The summed E-state index contributed by atoms with van der Waals surface area (Å²) >= 11 is 1.75. The van der Waals surface area contributed by atoms with E-state index in [2.05, 4.69) is 16.5 Å². The number of thiophene rings is 1. The number of aromatic nitrogens is 2. The summed E-state index contributed by atoms with van der Waals surface area (Å²) in [6.45, 7) is 6.80. The van der Waals surface area contributed by atoms with Crippen LogP contribution in [0.15, 0.2) is 18.7 Å². The van der Waals surface area contributed by atoms with Crippen LogP contribution < -0.4 is 10.5 Å². The lowest BCUT2D eigenvalue weighted by atomic mass is 9.93. The maximum Gasteiger partial charge on any atom is 0.225 e. The molecule has 0 bridgehead atoms. The van der Waals surface area contributed by atoms with E-state index in [0.717, 1.165) is 60.4 Å². The second kappa shape index (κ2) is 6.92. The van der Waals surface area contributed by atoms with Gasteiger partial charge in [-0.1, -0.05) is 6.58 Å². The third-order valence-electron chi connectivity index (χ3n) is 5.29. The van der Waals surface area contributed by atoms with Crippen molar-refractivity contribution in [3.8, 4) is 5.88 Å². The van der Waals surface area contributed by atoms with Crippen LogP contribution in [0, 0.1) is 0 Å². The number of hydrogen-bond donors (Lipinski definition) is 1. The summed E-state index contributed by atoms with van der Waals surface area (Å²) < 4.78 is 12.0. The zero-order chi connectivity index (χ0) is 17.4. The fourth-order valence-corrected chi connectivity index (χ4v) is 5.22. The number of allylic oxidation sites excluding steroid dienone is 1. The first kappa shape index (κ1) is 16.8. The van der Waals surface area contributed by atoms with Gasteiger partial charge in [-0.15, -0.1) is 11.3 Å². The molecular weight excluding hydrogens is 334 g/mol. The number of nitrogens with two attached hydrogens (primary N) is 1. The minimum absolute atomic E-state index is 0.198. The molecule has 5 nitrogen and oxygen atoms in total. The van der Waals surface area contributed by atoms with E-state index in [1.54, 1.807) is 17.7 Å². The fraction of sp³-hybridized carbons (Fsp3) is 0.579. The first-order valence-electron chi connectivity index (χ1n) is 9.17. The molecule has 4 rings (SSSR count). The molecule has 2 aromatic rings. The van der Waals surface area contributed by atoms with Crippen LogP contribution >= 0.6 is 11.3 Å². The Morgan fingerprint density at radius 1 is 1.28 bits per heavy atom. The summed E-state index contributed by atoms with van der Waals surface area (Å²) in [5, 5.41) is 1.07. The molecule has 0 radical (unpaired) electrons. The van der Waals surface area contributed by atoms with Gasteiger partial charge in [0.1, 0.15) is 17.3 Å². The molecule has 0 saturated heterocycles. The van der Waals surface area contributed by atoms with Crippen LogP contribution in [0.3, 0.4) is 0 Å². The van der Waals surface area contributed by atoms with Gasteiger partial charge in [0.2, 0.25) is 5.88 Å². The average Bonchev–Trinajstić information content (AvgIpc) is 3.16. The van der Waals surface area contributed by atoms with Gasteiger partial charge in [-0.3, -0.25) is 0 Å². The van der Waals surface area contributed by atoms with E-state index >= 15 is 0 Å². The van der Waals surface area contributed by atoms with Crippen LogP contribution in [0.4, 0.5) is 0 Å². The molecule has 25 heavy (non-hydrogen) atoms. The summed E-state index contributed by atoms with van der Waals surface area (Å²) in [5.74, 6) is 1.79. The average molecular weight is 359 g/mol. The van der Waals surface area contributed by atoms with Crippen molar-refractivity contribution >= 4 is 21.6 Å². The number of aryl methyl sites for hydroxylation is 1. The van der Waals surface area contributed by atoms with Crippen LogP contribution in [0.25, 0.3) is 10.2 Å². The summed E-state index contributed by atoms with van der Waals surface area (Å²) in [6.07, 6.45) is 7.93. The highest BCUT2D eigenvalue weighted by molar-refractivity contribution is 7.19. The molecular formula is C19H25N3O2S. The molecule has 1 unspecified atom stereocenters. The van der Waals surface area contributed by atoms with Crippen LogP contribution in [0.1, 0.15) is 55.4 Å². The second-order valence-corrected chi connectivity index (χ2v) is 8.03. The van der Waals surface area contributed by atoms with E-state index in [1.165, 1.54) is 10.4 Å². The molecule has 1 saturated carbocycles. The van der Waals surface area contributed by atoms with Gasteiger partial charge in [0.15, 0.2) is 0 Å². The topological polar surface area (TPSA) is 70.3 Å². The number of ether oxygens (including phenoxy) is 2. The Morgan fingerprint density at radius 3 is 2.84 bits per heavy atom. The number of hydrogen-bond acceptors (Lipinski definition) is 6. The quantitative estimate of drug-likeness (QED) is 0.819. The molecule has 2 aliphatic rings. The summed E-state index contributed by atoms with van der Waals surface area (Å²) in [5.41, 5.74) is 7.29. The maximum absolute atomic E-state index is 6.32. The van der Waals surface area contributed by atoms with Gasteiger partial charge >= 0.3 is 0 Å². The van der Waals surface area contributed by atoms with Crippen LogP contribution in [0.2, 0.25) is 0 Å². The minimum atomic E-state index is 0.198. The van der Waals surface area contributed by atoms with Gasteiger partial charge in [-0.2, -0.15) is 0 Å². The predicted octanol–water partition coefficient (Wildman–Crippen LogP) is 3.92. The minimum Gasteiger partial charge on any atom is -0.498 e. The van der Waals surface area contributed by atoms with Crippen LogP contribution in [-0.4, -0.2) is 28.7 Å². The molecule has 0 aromatic carbocycles. The molecule has 0 aliphatic heterocycles. The van der Waals surface area contributed by atoms with Crippen molar-refractivity contribution in [2.75, 3.05) is 6.61 Å². The Balaban J connectivity index is 1.68. The normalized spacial score (nSPS) is 25.8. The summed E-state index contributed by atoms with van der Waals surface area (Å²) in [7, 11) is 0. The van der Waals surface area contributed by atoms with Gasteiger partial charge in [-0.25, -0.2) is 9.97 Å². The number of fused-ring (bicyclic) bond motifs is 3. The van der Waals surface area contributed by atoms with Gasteiger partial charge < -0.3 is 15.2 Å². The number of nitrogens with zero attached hydrogens (tertiary/aromatic N) is 2. The molecule has 6 heteroatoms. The number of rotatable bonds is 5. The highest BCUT2D eigenvalue weighted by atomic mass is 32.1. The third kappa shape index (κ3) is 3.13. The Morgan fingerprint density at radius 2 is 2.08 bits per heavy atom. The first-order valence-corrected chi connectivity index (χ1v) is 9.99. The molecule has 2 N–H and O–H groups in total. The fourth-order valence-electron chi connectivity index (χ4n) is 4.01. The molecule has 1 atom stereocenters. The second-order valence-electron chi connectivity index (χ2n) is 6.94. The lowest BCUT2D eigenvalue weighted by Crippen LogP contribution is -2.31. The zero-order valence-electron chi connectivity index (χ0n) is 14.7. The van der Waals surface area contributed by atoms with Crippen molar-refractivity contribution in [1.29, 1.82) is 0 Å². The first-order chi connectivity index (χ1) is 12.2. The summed E-state index contributed by atoms with van der Waals surface area (Å²) in [4.78, 5) is 11.4. The SMILES string of the molecule is C=C(OCC)C1CCc2sc3ncnc(OC4CCC(N)CC4)c3c21.